The summed E-state index contributed by atoms with van der Waals surface area (Å²) in [5.74, 6) is 0.543. The van der Waals surface area contributed by atoms with E-state index < -0.39 is 0 Å². The van der Waals surface area contributed by atoms with Gasteiger partial charge in [0.2, 0.25) is 0 Å². The van der Waals surface area contributed by atoms with E-state index in [2.05, 4.69) is 42.6 Å². The zero-order chi connectivity index (χ0) is 15.5. The minimum Gasteiger partial charge on any atom is -0.367 e. The second-order valence-electron chi connectivity index (χ2n) is 7.16. The number of aliphatic imine (C=N–C) groups is 1. The predicted octanol–water partition coefficient (Wildman–Crippen LogP) is 4.45. The van der Waals surface area contributed by atoms with Gasteiger partial charge >= 0.3 is 0 Å². The molecule has 0 saturated heterocycles. The molecule has 0 fully saturated rings. The summed E-state index contributed by atoms with van der Waals surface area (Å²) >= 11 is 6.41. The van der Waals surface area contributed by atoms with Gasteiger partial charge in [0.25, 0.3) is 0 Å². The molecule has 4 aliphatic rings. The standard InChI is InChI=1S/C19H23ClN2/c1-4-7-22-17-6-5-16-14-8-13(20)10-21-11-19(16,3)12(2)18(22)9-15(14)17/h4,8,11-12,18H,1,5-7,9-10H2,2-3H3. The smallest absolute Gasteiger partial charge is 0.0743 e. The molecule has 0 aromatic heterocycles. The zero-order valence-corrected chi connectivity index (χ0v) is 14.2. The number of halogens is 1. The van der Waals surface area contributed by atoms with Crippen LogP contribution in [0.2, 0.25) is 0 Å². The fourth-order valence-corrected chi connectivity index (χ4v) is 5.07. The van der Waals surface area contributed by atoms with Gasteiger partial charge in [0.15, 0.2) is 0 Å². The number of hydrogen-bond donors (Lipinski definition) is 0. The quantitative estimate of drug-likeness (QED) is 0.687. The van der Waals surface area contributed by atoms with E-state index in [1.165, 1.54) is 16.8 Å². The van der Waals surface area contributed by atoms with Crippen molar-refractivity contribution >= 4 is 17.8 Å². The van der Waals surface area contributed by atoms with Gasteiger partial charge < -0.3 is 4.90 Å². The molecule has 5 bridgehead atoms. The molecule has 0 N–H and O–H groups in total. The fourth-order valence-electron chi connectivity index (χ4n) is 4.89. The minimum absolute atomic E-state index is 0.0429. The Balaban J connectivity index is 1.99. The summed E-state index contributed by atoms with van der Waals surface area (Å²) in [4.78, 5) is 7.25. The molecule has 4 rings (SSSR count). The van der Waals surface area contributed by atoms with Crippen molar-refractivity contribution in [3.8, 4) is 0 Å². The molecule has 0 radical (unpaired) electrons. The molecule has 2 heterocycles. The molecule has 0 saturated carbocycles. The molecule has 3 unspecified atom stereocenters. The monoisotopic (exact) mass is 314 g/mol. The van der Waals surface area contributed by atoms with Gasteiger partial charge in [-0.05, 0) is 42.4 Å². The summed E-state index contributed by atoms with van der Waals surface area (Å²) in [6.07, 6.45) is 9.86. The zero-order valence-electron chi connectivity index (χ0n) is 13.4. The van der Waals surface area contributed by atoms with E-state index in [1.807, 2.05) is 6.08 Å². The van der Waals surface area contributed by atoms with E-state index in [-0.39, 0.29) is 5.41 Å². The van der Waals surface area contributed by atoms with Crippen molar-refractivity contribution < 1.29 is 0 Å². The summed E-state index contributed by atoms with van der Waals surface area (Å²) in [7, 11) is 0. The molecular formula is C19H23ClN2. The number of likely N-dealkylation sites (tertiary alicyclic amines) is 1. The van der Waals surface area contributed by atoms with Crippen LogP contribution in [0.4, 0.5) is 0 Å². The van der Waals surface area contributed by atoms with Gasteiger partial charge in [-0.15, -0.1) is 6.58 Å². The predicted molar refractivity (Wildman–Crippen MR) is 93.2 cm³/mol. The lowest BCUT2D eigenvalue weighted by atomic mass is 9.66. The van der Waals surface area contributed by atoms with Crippen LogP contribution in [0.3, 0.4) is 0 Å². The van der Waals surface area contributed by atoms with E-state index >= 15 is 0 Å². The molecule has 2 nitrogen and oxygen atoms in total. The van der Waals surface area contributed by atoms with Gasteiger partial charge in [0, 0.05) is 34.9 Å². The highest BCUT2D eigenvalue weighted by atomic mass is 35.5. The van der Waals surface area contributed by atoms with Crippen LogP contribution in [0, 0.1) is 11.3 Å². The minimum atomic E-state index is 0.0429. The van der Waals surface area contributed by atoms with Crippen LogP contribution < -0.4 is 0 Å². The Morgan fingerprint density at radius 3 is 3.09 bits per heavy atom. The molecule has 0 aromatic rings. The number of hydrogen-bond acceptors (Lipinski definition) is 2. The molecule has 3 heteroatoms. The van der Waals surface area contributed by atoms with Crippen LogP contribution in [0.5, 0.6) is 0 Å². The van der Waals surface area contributed by atoms with Crippen LogP contribution in [0.25, 0.3) is 0 Å². The van der Waals surface area contributed by atoms with Gasteiger partial charge in [-0.1, -0.05) is 37.1 Å². The summed E-state index contributed by atoms with van der Waals surface area (Å²) < 4.78 is 0. The molecule has 22 heavy (non-hydrogen) atoms. The van der Waals surface area contributed by atoms with E-state index in [0.29, 0.717) is 18.5 Å². The molecule has 0 aromatic carbocycles. The Morgan fingerprint density at radius 2 is 2.32 bits per heavy atom. The summed E-state index contributed by atoms with van der Waals surface area (Å²) in [5, 5.41) is 0.854. The molecule has 0 amide bonds. The van der Waals surface area contributed by atoms with Crippen molar-refractivity contribution in [2.45, 2.75) is 39.2 Å². The van der Waals surface area contributed by atoms with Gasteiger partial charge in [-0.2, -0.15) is 0 Å². The first-order valence-corrected chi connectivity index (χ1v) is 8.64. The Bertz CT molecular complexity index is 667. The van der Waals surface area contributed by atoms with Crippen LogP contribution in [-0.4, -0.2) is 30.2 Å². The third-order valence-electron chi connectivity index (χ3n) is 6.17. The SMILES string of the molecule is C=CCN1C2=C3CC1C(C)C1(C)C=NCC(Cl)=CC3=C1CC2. The number of nitrogens with zero attached hydrogens (tertiary/aromatic N) is 2. The lowest BCUT2D eigenvalue weighted by molar-refractivity contribution is 0.162. The Labute approximate surface area is 137 Å². The molecule has 116 valence electrons. The molecule has 0 spiro atoms. The van der Waals surface area contributed by atoms with Crippen molar-refractivity contribution in [3.63, 3.8) is 0 Å². The van der Waals surface area contributed by atoms with Crippen LogP contribution in [0.1, 0.15) is 33.1 Å². The van der Waals surface area contributed by atoms with Gasteiger partial charge in [-0.25, -0.2) is 0 Å². The van der Waals surface area contributed by atoms with Gasteiger partial charge in [0.05, 0.1) is 6.54 Å². The third-order valence-corrected chi connectivity index (χ3v) is 6.40. The van der Waals surface area contributed by atoms with Gasteiger partial charge in [0.1, 0.15) is 0 Å². The number of fused-ring (bicyclic) bond motifs is 1. The van der Waals surface area contributed by atoms with E-state index in [1.54, 1.807) is 5.57 Å². The Morgan fingerprint density at radius 1 is 1.50 bits per heavy atom. The van der Waals surface area contributed by atoms with Crippen LogP contribution in [0.15, 0.2) is 51.2 Å². The van der Waals surface area contributed by atoms with Crippen LogP contribution in [-0.2, 0) is 0 Å². The molecule has 3 atom stereocenters. The largest absolute Gasteiger partial charge is 0.367 e. The average molecular weight is 315 g/mol. The highest BCUT2D eigenvalue weighted by molar-refractivity contribution is 6.30. The van der Waals surface area contributed by atoms with Crippen molar-refractivity contribution in [2.24, 2.45) is 16.3 Å². The lowest BCUT2D eigenvalue weighted by Crippen LogP contribution is -2.46. The van der Waals surface area contributed by atoms with Crippen molar-refractivity contribution in [2.75, 3.05) is 13.1 Å². The van der Waals surface area contributed by atoms with Gasteiger partial charge in [-0.3, -0.25) is 4.99 Å². The van der Waals surface area contributed by atoms with Crippen molar-refractivity contribution in [1.29, 1.82) is 0 Å². The maximum atomic E-state index is 6.41. The average Bonchev–Trinajstić information content (AvgIpc) is 2.82. The lowest BCUT2D eigenvalue weighted by Gasteiger charge is -2.46. The maximum Gasteiger partial charge on any atom is 0.0743 e. The van der Waals surface area contributed by atoms with Crippen molar-refractivity contribution in [3.05, 3.63) is 46.2 Å². The summed E-state index contributed by atoms with van der Waals surface area (Å²) in [6, 6.07) is 0.553. The van der Waals surface area contributed by atoms with E-state index in [0.717, 1.165) is 30.8 Å². The molecular weight excluding hydrogens is 292 g/mol. The second kappa shape index (κ2) is 4.86. The first kappa shape index (κ1) is 14.3. The second-order valence-corrected chi connectivity index (χ2v) is 7.65. The Hall–Kier alpha value is -1.28. The first-order chi connectivity index (χ1) is 10.6. The Kier molecular flexibility index (Phi) is 3.16. The highest BCUT2D eigenvalue weighted by Gasteiger charge is 2.50. The van der Waals surface area contributed by atoms with Crippen molar-refractivity contribution in [1.82, 2.24) is 4.90 Å². The highest BCUT2D eigenvalue weighted by Crippen LogP contribution is 2.56. The van der Waals surface area contributed by atoms with E-state index in [9.17, 15) is 0 Å². The van der Waals surface area contributed by atoms with E-state index in [4.69, 9.17) is 11.6 Å². The number of rotatable bonds is 2. The fraction of sp³-hybridized carbons (Fsp3) is 0.526. The molecule has 2 aliphatic carbocycles. The maximum absolute atomic E-state index is 6.41. The topological polar surface area (TPSA) is 15.6 Å². The summed E-state index contributed by atoms with van der Waals surface area (Å²) in [5.41, 5.74) is 6.09. The third kappa shape index (κ3) is 1.76. The van der Waals surface area contributed by atoms with Crippen LogP contribution >= 0.6 is 11.6 Å². The normalized spacial score (nSPS) is 36.3. The first-order valence-electron chi connectivity index (χ1n) is 8.27. The molecule has 2 aliphatic heterocycles. The summed E-state index contributed by atoms with van der Waals surface area (Å²) in [6.45, 7) is 10.3. The number of allylic oxidation sites excluding steroid dienone is 4.